The van der Waals surface area contributed by atoms with Crippen LogP contribution in [-0.4, -0.2) is 5.91 Å². The van der Waals surface area contributed by atoms with Crippen molar-refractivity contribution in [3.63, 3.8) is 0 Å². The highest BCUT2D eigenvalue weighted by atomic mass is 32.2. The van der Waals surface area contributed by atoms with Crippen molar-refractivity contribution in [3.8, 4) is 0 Å². The van der Waals surface area contributed by atoms with Crippen molar-refractivity contribution < 1.29 is 4.79 Å². The Labute approximate surface area is 123 Å². The predicted molar refractivity (Wildman–Crippen MR) is 85.2 cm³/mol. The second kappa shape index (κ2) is 6.01. The molecule has 4 heteroatoms. The van der Waals surface area contributed by atoms with Gasteiger partial charge in [0.15, 0.2) is 0 Å². The third-order valence-corrected chi connectivity index (χ3v) is 3.73. The number of nitrogens with one attached hydrogen (secondary N) is 1. The maximum absolute atomic E-state index is 11.2. The number of hydrogen-bond donors (Lipinski definition) is 2. The molecule has 0 unspecified atom stereocenters. The lowest BCUT2D eigenvalue weighted by Crippen LogP contribution is -2.07. The molecule has 0 aliphatic carbocycles. The highest BCUT2D eigenvalue weighted by Gasteiger charge is 2.05. The molecule has 0 bridgehead atoms. The molecule has 0 heterocycles. The number of nitrogen functional groups attached to an aromatic ring is 1. The summed E-state index contributed by atoms with van der Waals surface area (Å²) in [6, 6.07) is 12.1. The summed E-state index contributed by atoms with van der Waals surface area (Å²) in [6.45, 7) is 5.65. The fourth-order valence-electron chi connectivity index (χ4n) is 2.02. The van der Waals surface area contributed by atoms with E-state index in [4.69, 9.17) is 5.73 Å². The van der Waals surface area contributed by atoms with Gasteiger partial charge in [0, 0.05) is 16.7 Å². The zero-order valence-corrected chi connectivity index (χ0v) is 12.7. The Hall–Kier alpha value is -1.94. The van der Waals surface area contributed by atoms with Gasteiger partial charge in [0.2, 0.25) is 5.91 Å². The Morgan fingerprint density at radius 2 is 1.70 bits per heavy atom. The van der Waals surface area contributed by atoms with E-state index in [-0.39, 0.29) is 5.91 Å². The van der Waals surface area contributed by atoms with E-state index in [1.165, 1.54) is 22.9 Å². The molecule has 104 valence electrons. The van der Waals surface area contributed by atoms with Crippen LogP contribution in [0.4, 0.5) is 11.4 Å². The van der Waals surface area contributed by atoms with Gasteiger partial charge in [-0.3, -0.25) is 4.79 Å². The minimum Gasteiger partial charge on any atom is -0.397 e. The van der Waals surface area contributed by atoms with Crippen LogP contribution in [0.5, 0.6) is 0 Å². The lowest BCUT2D eigenvalue weighted by atomic mass is 10.2. The van der Waals surface area contributed by atoms with Crippen LogP contribution in [0.15, 0.2) is 46.2 Å². The monoisotopic (exact) mass is 286 g/mol. The lowest BCUT2D eigenvalue weighted by molar-refractivity contribution is -0.114. The van der Waals surface area contributed by atoms with Crippen LogP contribution >= 0.6 is 11.8 Å². The highest BCUT2D eigenvalue weighted by Crippen LogP contribution is 2.32. The van der Waals surface area contributed by atoms with Crippen molar-refractivity contribution in [2.45, 2.75) is 30.6 Å². The van der Waals surface area contributed by atoms with E-state index in [2.05, 4.69) is 37.4 Å². The standard InChI is InChI=1S/C16H18N2OS/c1-10-6-11(2)8-14(7-10)20-13-4-5-15(17)16(9-13)18-12(3)19/h4-9H,17H2,1-3H3,(H,18,19). The fourth-order valence-corrected chi connectivity index (χ4v) is 3.10. The van der Waals surface area contributed by atoms with Gasteiger partial charge in [0.25, 0.3) is 0 Å². The first-order valence-corrected chi connectivity index (χ1v) is 7.19. The normalized spacial score (nSPS) is 10.3. The Balaban J connectivity index is 2.27. The number of aryl methyl sites for hydroxylation is 2. The van der Waals surface area contributed by atoms with Crippen LogP contribution in [0.3, 0.4) is 0 Å². The van der Waals surface area contributed by atoms with Gasteiger partial charge in [-0.15, -0.1) is 0 Å². The number of nitrogens with two attached hydrogens (primary N) is 1. The molecule has 3 N–H and O–H groups in total. The smallest absolute Gasteiger partial charge is 0.221 e. The van der Waals surface area contributed by atoms with Gasteiger partial charge in [0.1, 0.15) is 0 Å². The number of anilines is 2. The number of carbonyl (C=O) groups excluding carboxylic acids is 1. The molecule has 2 aromatic rings. The third-order valence-electron chi connectivity index (χ3n) is 2.77. The third kappa shape index (κ3) is 3.78. The molecule has 0 saturated heterocycles. The average molecular weight is 286 g/mol. The van der Waals surface area contributed by atoms with Crippen LogP contribution in [-0.2, 0) is 4.79 Å². The van der Waals surface area contributed by atoms with E-state index in [0.717, 1.165) is 4.90 Å². The molecule has 3 nitrogen and oxygen atoms in total. The van der Waals surface area contributed by atoms with Crippen molar-refractivity contribution in [1.29, 1.82) is 0 Å². The van der Waals surface area contributed by atoms with Gasteiger partial charge in [-0.05, 0) is 55.3 Å². The zero-order chi connectivity index (χ0) is 14.7. The lowest BCUT2D eigenvalue weighted by Gasteiger charge is -2.09. The first-order valence-electron chi connectivity index (χ1n) is 6.37. The van der Waals surface area contributed by atoms with Crippen LogP contribution in [0.2, 0.25) is 0 Å². The summed E-state index contributed by atoms with van der Waals surface area (Å²) in [5.41, 5.74) is 9.57. The maximum Gasteiger partial charge on any atom is 0.221 e. The van der Waals surface area contributed by atoms with Crippen molar-refractivity contribution in [2.24, 2.45) is 0 Å². The van der Waals surface area contributed by atoms with Gasteiger partial charge in [-0.2, -0.15) is 0 Å². The quantitative estimate of drug-likeness (QED) is 0.839. The maximum atomic E-state index is 11.2. The topological polar surface area (TPSA) is 55.1 Å². The van der Waals surface area contributed by atoms with Crippen molar-refractivity contribution in [2.75, 3.05) is 11.1 Å². The summed E-state index contributed by atoms with van der Waals surface area (Å²) in [4.78, 5) is 13.4. The van der Waals surface area contributed by atoms with Crippen molar-refractivity contribution in [3.05, 3.63) is 47.5 Å². The largest absolute Gasteiger partial charge is 0.397 e. The molecular formula is C16H18N2OS. The minimum absolute atomic E-state index is 0.120. The summed E-state index contributed by atoms with van der Waals surface area (Å²) in [5, 5.41) is 2.74. The summed E-state index contributed by atoms with van der Waals surface area (Å²) in [7, 11) is 0. The minimum atomic E-state index is -0.120. The highest BCUT2D eigenvalue weighted by molar-refractivity contribution is 7.99. The molecule has 0 fully saturated rings. The van der Waals surface area contributed by atoms with E-state index in [9.17, 15) is 4.79 Å². The van der Waals surface area contributed by atoms with E-state index < -0.39 is 0 Å². The molecule has 20 heavy (non-hydrogen) atoms. The molecule has 0 aromatic heterocycles. The zero-order valence-electron chi connectivity index (χ0n) is 11.9. The average Bonchev–Trinajstić information content (AvgIpc) is 2.31. The van der Waals surface area contributed by atoms with E-state index in [0.29, 0.717) is 11.4 Å². The van der Waals surface area contributed by atoms with Crippen molar-refractivity contribution >= 4 is 29.0 Å². The van der Waals surface area contributed by atoms with E-state index >= 15 is 0 Å². The second-order valence-corrected chi connectivity index (χ2v) is 6.00. The number of amides is 1. The number of hydrogen-bond acceptors (Lipinski definition) is 3. The van der Waals surface area contributed by atoms with Gasteiger partial charge < -0.3 is 11.1 Å². The van der Waals surface area contributed by atoms with Crippen molar-refractivity contribution in [1.82, 2.24) is 0 Å². The number of benzene rings is 2. The molecule has 0 spiro atoms. The summed E-state index contributed by atoms with van der Waals surface area (Å²) in [5.74, 6) is -0.120. The predicted octanol–water partition coefficient (Wildman–Crippen LogP) is 4.00. The molecule has 0 radical (unpaired) electrons. The number of rotatable bonds is 3. The SMILES string of the molecule is CC(=O)Nc1cc(Sc2cc(C)cc(C)c2)ccc1N. The van der Waals surface area contributed by atoms with Gasteiger partial charge in [-0.1, -0.05) is 17.8 Å². The van der Waals surface area contributed by atoms with Gasteiger partial charge in [0.05, 0.1) is 11.4 Å². The second-order valence-electron chi connectivity index (χ2n) is 4.86. The van der Waals surface area contributed by atoms with E-state index in [1.807, 2.05) is 18.2 Å². The Morgan fingerprint density at radius 1 is 1.05 bits per heavy atom. The molecule has 2 rings (SSSR count). The molecule has 0 aliphatic heterocycles. The summed E-state index contributed by atoms with van der Waals surface area (Å²) < 4.78 is 0. The molecule has 0 atom stereocenters. The molecule has 0 aliphatic rings. The Bertz CT molecular complexity index is 633. The summed E-state index contributed by atoms with van der Waals surface area (Å²) >= 11 is 1.66. The Morgan fingerprint density at radius 3 is 2.30 bits per heavy atom. The molecule has 1 amide bonds. The molecule has 2 aromatic carbocycles. The molecular weight excluding hydrogens is 268 g/mol. The van der Waals surface area contributed by atoms with Crippen LogP contribution in [0, 0.1) is 13.8 Å². The fraction of sp³-hybridized carbons (Fsp3) is 0.188. The Kier molecular flexibility index (Phi) is 4.35. The molecule has 0 saturated carbocycles. The van der Waals surface area contributed by atoms with Crippen LogP contribution < -0.4 is 11.1 Å². The van der Waals surface area contributed by atoms with Crippen LogP contribution in [0.25, 0.3) is 0 Å². The van der Waals surface area contributed by atoms with Gasteiger partial charge in [-0.25, -0.2) is 0 Å². The summed E-state index contributed by atoms with van der Waals surface area (Å²) in [6.07, 6.45) is 0. The van der Waals surface area contributed by atoms with Crippen LogP contribution in [0.1, 0.15) is 18.1 Å². The number of carbonyl (C=O) groups is 1. The first kappa shape index (κ1) is 14.5. The van der Waals surface area contributed by atoms with E-state index in [1.54, 1.807) is 11.8 Å². The first-order chi connectivity index (χ1) is 9.44. The van der Waals surface area contributed by atoms with Gasteiger partial charge >= 0.3 is 0 Å².